The Morgan fingerprint density at radius 1 is 0.974 bits per heavy atom. The van der Waals surface area contributed by atoms with Crippen LogP contribution < -0.4 is 11.4 Å². The molecule has 0 bridgehead atoms. The topological polar surface area (TPSA) is 119 Å². The fourth-order valence-electron chi connectivity index (χ4n) is 5.94. The van der Waals surface area contributed by atoms with E-state index < -0.39 is 35.8 Å². The van der Waals surface area contributed by atoms with Crippen molar-refractivity contribution in [1.29, 1.82) is 0 Å². The molecule has 0 unspecified atom stereocenters. The van der Waals surface area contributed by atoms with Gasteiger partial charge in [0.15, 0.2) is 17.3 Å². The van der Waals surface area contributed by atoms with Crippen LogP contribution in [0.1, 0.15) is 66.6 Å². The number of benzene rings is 1. The number of rotatable bonds is 3. The van der Waals surface area contributed by atoms with E-state index in [1.54, 1.807) is 46.1 Å². The second kappa shape index (κ2) is 10.2. The summed E-state index contributed by atoms with van der Waals surface area (Å²) in [6.45, 7) is 0.836. The number of likely N-dealkylation sites (tertiary alicyclic amines) is 1. The smallest absolute Gasteiger partial charge is 0.410 e. The zero-order chi connectivity index (χ0) is 27.1. The zero-order valence-electron chi connectivity index (χ0n) is 21.1. The van der Waals surface area contributed by atoms with Gasteiger partial charge in [0, 0.05) is 43.5 Å². The van der Waals surface area contributed by atoms with E-state index in [-0.39, 0.29) is 17.3 Å². The first-order chi connectivity index (χ1) is 18.9. The Labute approximate surface area is 222 Å². The molecule has 1 aromatic carbocycles. The summed E-state index contributed by atoms with van der Waals surface area (Å²) < 4.78 is 36.4. The number of carbonyl (C=O) groups excluding carboxylic acids is 1. The molecule has 3 aromatic heterocycles. The molecule has 2 aliphatic rings. The highest BCUT2D eigenvalue weighted by Gasteiger charge is 2.36. The number of nitrogens with two attached hydrogens (primary N) is 1. The molecule has 1 aliphatic carbocycles. The molecule has 3 atom stereocenters. The lowest BCUT2D eigenvalue weighted by Crippen LogP contribution is -2.41. The summed E-state index contributed by atoms with van der Waals surface area (Å²) in [4.78, 5) is 38.9. The normalized spacial score (nSPS) is 21.9. The van der Waals surface area contributed by atoms with Crippen LogP contribution in [0.5, 0.6) is 0 Å². The van der Waals surface area contributed by atoms with E-state index in [9.17, 15) is 18.4 Å². The number of H-pyrrole nitrogens is 1. The standard InChI is InChI=1S/C28H28F2N6O3/c29-20-6-1-4-17(23(20)30)18-8-9-22(25-19(24(18)31)5-2-12-32-25)39-28(38)35-14-10-16(11-15-35)36-21-7-3-13-33-26(21)34-27(36)37/h1-7,12-13,16,18,22,24H,8-11,14-15,31H2,(H,33,34,37)/t18-,22+,24+/m0/s1. The van der Waals surface area contributed by atoms with Gasteiger partial charge < -0.3 is 15.4 Å². The number of aromatic amines is 1. The number of imidazole rings is 1. The maximum atomic E-state index is 14.7. The fourth-order valence-corrected chi connectivity index (χ4v) is 5.94. The van der Waals surface area contributed by atoms with Gasteiger partial charge in [-0.15, -0.1) is 0 Å². The minimum Gasteiger partial charge on any atom is -0.440 e. The van der Waals surface area contributed by atoms with Crippen molar-refractivity contribution in [2.24, 2.45) is 5.73 Å². The highest BCUT2D eigenvalue weighted by atomic mass is 19.2. The summed E-state index contributed by atoms with van der Waals surface area (Å²) in [5.41, 5.74) is 9.02. The minimum atomic E-state index is -0.923. The highest BCUT2D eigenvalue weighted by Crippen LogP contribution is 2.43. The van der Waals surface area contributed by atoms with Crippen molar-refractivity contribution < 1.29 is 18.3 Å². The molecule has 0 radical (unpaired) electrons. The number of aromatic nitrogens is 4. The van der Waals surface area contributed by atoms with Gasteiger partial charge in [-0.25, -0.2) is 23.4 Å². The van der Waals surface area contributed by atoms with E-state index in [0.717, 1.165) is 11.6 Å². The van der Waals surface area contributed by atoms with Gasteiger partial charge in [0.05, 0.1) is 11.2 Å². The highest BCUT2D eigenvalue weighted by molar-refractivity contribution is 5.70. The molecule has 1 fully saturated rings. The van der Waals surface area contributed by atoms with Crippen LogP contribution in [0.15, 0.2) is 59.7 Å². The summed E-state index contributed by atoms with van der Waals surface area (Å²) >= 11 is 0. The van der Waals surface area contributed by atoms with Crippen LogP contribution in [-0.4, -0.2) is 43.6 Å². The van der Waals surface area contributed by atoms with Crippen molar-refractivity contribution in [2.45, 2.75) is 49.8 Å². The molecular weight excluding hydrogens is 506 g/mol. The molecule has 0 saturated carbocycles. The first-order valence-corrected chi connectivity index (χ1v) is 13.1. The summed E-state index contributed by atoms with van der Waals surface area (Å²) in [6, 6.07) is 10.5. The second-order valence-electron chi connectivity index (χ2n) is 10.1. The Kier molecular flexibility index (Phi) is 6.59. The molecule has 0 spiro atoms. The number of hydrogen-bond acceptors (Lipinski definition) is 6. The fraction of sp³-hybridized carbons (Fsp3) is 0.357. The van der Waals surface area contributed by atoms with Crippen molar-refractivity contribution >= 4 is 17.3 Å². The largest absolute Gasteiger partial charge is 0.440 e. The van der Waals surface area contributed by atoms with Gasteiger partial charge in [-0.05, 0) is 61.1 Å². The predicted octanol–water partition coefficient (Wildman–Crippen LogP) is 4.49. The number of fused-ring (bicyclic) bond motifs is 2. The molecule has 1 aliphatic heterocycles. The van der Waals surface area contributed by atoms with Crippen molar-refractivity contribution in [3.05, 3.63) is 93.8 Å². The SMILES string of the molecule is N[C@H]1c2cccnc2[C@H](OC(=O)N2CCC(n3c(=O)[nH]c4ncccc43)CC2)CC[C@H]1c1cccc(F)c1F. The lowest BCUT2D eigenvalue weighted by molar-refractivity contribution is 0.0472. The maximum Gasteiger partial charge on any atom is 0.410 e. The number of pyridine rings is 2. The Balaban J connectivity index is 1.18. The number of halogens is 2. The molecule has 1 amide bonds. The van der Waals surface area contributed by atoms with E-state index in [0.29, 0.717) is 55.7 Å². The lowest BCUT2D eigenvalue weighted by atomic mass is 9.86. The van der Waals surface area contributed by atoms with E-state index in [2.05, 4.69) is 15.0 Å². The van der Waals surface area contributed by atoms with Crippen LogP contribution in [0.2, 0.25) is 0 Å². The molecule has 39 heavy (non-hydrogen) atoms. The van der Waals surface area contributed by atoms with Crippen LogP contribution in [-0.2, 0) is 4.74 Å². The monoisotopic (exact) mass is 534 g/mol. The first-order valence-electron chi connectivity index (χ1n) is 13.1. The molecule has 1 saturated heterocycles. The lowest BCUT2D eigenvalue weighted by Gasteiger charge is -2.33. The second-order valence-corrected chi connectivity index (χ2v) is 10.1. The summed E-state index contributed by atoms with van der Waals surface area (Å²) in [6.07, 6.45) is 3.99. The maximum absolute atomic E-state index is 14.7. The summed E-state index contributed by atoms with van der Waals surface area (Å²) in [5, 5.41) is 0. The van der Waals surface area contributed by atoms with Gasteiger partial charge in [0.1, 0.15) is 6.10 Å². The zero-order valence-corrected chi connectivity index (χ0v) is 21.1. The quantitative estimate of drug-likeness (QED) is 0.374. The van der Waals surface area contributed by atoms with Crippen molar-refractivity contribution in [1.82, 2.24) is 24.4 Å². The Morgan fingerprint density at radius 3 is 2.54 bits per heavy atom. The Bertz CT molecular complexity index is 1580. The van der Waals surface area contributed by atoms with Crippen molar-refractivity contribution in [2.75, 3.05) is 13.1 Å². The first kappa shape index (κ1) is 25.2. The van der Waals surface area contributed by atoms with Crippen LogP contribution in [0.4, 0.5) is 13.6 Å². The molecule has 202 valence electrons. The van der Waals surface area contributed by atoms with Crippen molar-refractivity contribution in [3.8, 4) is 0 Å². The molecule has 6 rings (SSSR count). The number of piperidine rings is 1. The van der Waals surface area contributed by atoms with Gasteiger partial charge in [0.25, 0.3) is 0 Å². The Morgan fingerprint density at radius 2 is 1.72 bits per heavy atom. The number of ether oxygens (including phenoxy) is 1. The molecule has 4 aromatic rings. The predicted molar refractivity (Wildman–Crippen MR) is 139 cm³/mol. The van der Waals surface area contributed by atoms with Gasteiger partial charge in [-0.1, -0.05) is 18.2 Å². The summed E-state index contributed by atoms with van der Waals surface area (Å²) in [7, 11) is 0. The average molecular weight is 535 g/mol. The van der Waals surface area contributed by atoms with E-state index in [1.807, 2.05) is 6.07 Å². The number of carbonyl (C=O) groups is 1. The van der Waals surface area contributed by atoms with Gasteiger partial charge in [0.2, 0.25) is 0 Å². The van der Waals surface area contributed by atoms with Gasteiger partial charge in [-0.2, -0.15) is 0 Å². The third-order valence-corrected chi connectivity index (χ3v) is 7.91. The minimum absolute atomic E-state index is 0.0697. The number of hydrogen-bond donors (Lipinski definition) is 2. The van der Waals surface area contributed by atoms with E-state index in [1.165, 1.54) is 6.07 Å². The van der Waals surface area contributed by atoms with Crippen LogP contribution in [0.25, 0.3) is 11.2 Å². The van der Waals surface area contributed by atoms with Gasteiger partial charge in [-0.3, -0.25) is 14.5 Å². The van der Waals surface area contributed by atoms with Crippen LogP contribution in [0, 0.1) is 11.6 Å². The molecule has 3 N–H and O–H groups in total. The Hall–Kier alpha value is -4.12. The number of nitrogens with one attached hydrogen (secondary N) is 1. The summed E-state index contributed by atoms with van der Waals surface area (Å²) in [5.74, 6) is -2.34. The van der Waals surface area contributed by atoms with Crippen molar-refractivity contribution in [3.63, 3.8) is 0 Å². The molecular formula is C28H28F2N6O3. The molecule has 4 heterocycles. The third-order valence-electron chi connectivity index (χ3n) is 7.91. The number of nitrogens with zero attached hydrogens (tertiary/aromatic N) is 4. The van der Waals surface area contributed by atoms with E-state index >= 15 is 0 Å². The van der Waals surface area contributed by atoms with E-state index in [4.69, 9.17) is 10.5 Å². The number of amides is 1. The molecule has 11 heteroatoms. The van der Waals surface area contributed by atoms with Gasteiger partial charge >= 0.3 is 11.8 Å². The molecule has 9 nitrogen and oxygen atoms in total. The average Bonchev–Trinajstić information content (AvgIpc) is 3.23. The van der Waals surface area contributed by atoms with Crippen LogP contribution in [0.3, 0.4) is 0 Å². The third kappa shape index (κ3) is 4.56. The van der Waals surface area contributed by atoms with Crippen LogP contribution >= 0.6 is 0 Å².